The molecule has 0 saturated heterocycles. The molecule has 3 aromatic rings. The van der Waals surface area contributed by atoms with E-state index in [-0.39, 0.29) is 10.8 Å². The quantitative estimate of drug-likeness (QED) is 0.571. The molecule has 8 heteroatoms. The lowest BCUT2D eigenvalue weighted by Gasteiger charge is -2.09. The SMILES string of the molecule is Cc1ccc(NS(=O)(=O)c2ccc(C(=O)NCCCn3cccn3)cc2)cc1. The number of nitrogens with zero attached hydrogens (tertiary/aromatic N) is 2. The lowest BCUT2D eigenvalue weighted by Crippen LogP contribution is -2.25. The molecule has 0 aliphatic rings. The van der Waals surface area contributed by atoms with Crippen LogP contribution in [-0.2, 0) is 16.6 Å². The molecule has 0 radical (unpaired) electrons. The summed E-state index contributed by atoms with van der Waals surface area (Å²) in [6, 6.07) is 14.8. The van der Waals surface area contributed by atoms with Gasteiger partial charge in [0.15, 0.2) is 0 Å². The summed E-state index contributed by atoms with van der Waals surface area (Å²) in [5.74, 6) is -0.240. The third-order valence-corrected chi connectivity index (χ3v) is 5.54. The third kappa shape index (κ3) is 5.20. The van der Waals surface area contributed by atoms with Gasteiger partial charge in [-0.25, -0.2) is 8.42 Å². The molecule has 3 rings (SSSR count). The molecule has 28 heavy (non-hydrogen) atoms. The molecular formula is C20H22N4O3S. The Morgan fingerprint density at radius 3 is 2.43 bits per heavy atom. The Morgan fingerprint density at radius 2 is 1.79 bits per heavy atom. The lowest BCUT2D eigenvalue weighted by molar-refractivity contribution is 0.0952. The number of aromatic nitrogens is 2. The molecule has 7 nitrogen and oxygen atoms in total. The average Bonchev–Trinajstić information content (AvgIpc) is 3.20. The zero-order chi connectivity index (χ0) is 20.0. The Balaban J connectivity index is 1.55. The van der Waals surface area contributed by atoms with Gasteiger partial charge in [0.2, 0.25) is 0 Å². The fraction of sp³-hybridized carbons (Fsp3) is 0.200. The highest BCUT2D eigenvalue weighted by Crippen LogP contribution is 2.17. The molecule has 146 valence electrons. The third-order valence-electron chi connectivity index (χ3n) is 4.14. The molecule has 1 aromatic heterocycles. The van der Waals surface area contributed by atoms with Crippen LogP contribution in [0.3, 0.4) is 0 Å². The number of hydrogen-bond acceptors (Lipinski definition) is 4. The van der Waals surface area contributed by atoms with E-state index in [2.05, 4.69) is 15.1 Å². The van der Waals surface area contributed by atoms with Gasteiger partial charge in [0, 0.05) is 36.7 Å². The van der Waals surface area contributed by atoms with E-state index in [0.717, 1.165) is 18.5 Å². The minimum Gasteiger partial charge on any atom is -0.352 e. The van der Waals surface area contributed by atoms with Crippen molar-refractivity contribution in [1.29, 1.82) is 0 Å². The first-order valence-corrected chi connectivity index (χ1v) is 10.4. The number of nitrogens with one attached hydrogen (secondary N) is 2. The maximum atomic E-state index is 12.5. The number of rotatable bonds is 8. The first-order valence-electron chi connectivity index (χ1n) is 8.89. The van der Waals surface area contributed by atoms with Gasteiger partial charge in [-0.3, -0.25) is 14.2 Å². The second-order valence-electron chi connectivity index (χ2n) is 6.37. The highest BCUT2D eigenvalue weighted by atomic mass is 32.2. The summed E-state index contributed by atoms with van der Waals surface area (Å²) in [7, 11) is -3.71. The summed E-state index contributed by atoms with van der Waals surface area (Å²) < 4.78 is 29.3. The van der Waals surface area contributed by atoms with Crippen molar-refractivity contribution < 1.29 is 13.2 Å². The van der Waals surface area contributed by atoms with Gasteiger partial charge in [0.05, 0.1) is 4.90 Å². The zero-order valence-electron chi connectivity index (χ0n) is 15.5. The topological polar surface area (TPSA) is 93.1 Å². The zero-order valence-corrected chi connectivity index (χ0v) is 16.3. The summed E-state index contributed by atoms with van der Waals surface area (Å²) in [6.07, 6.45) is 4.33. The smallest absolute Gasteiger partial charge is 0.261 e. The van der Waals surface area contributed by atoms with E-state index >= 15 is 0 Å². The van der Waals surface area contributed by atoms with Crippen molar-refractivity contribution in [2.75, 3.05) is 11.3 Å². The summed E-state index contributed by atoms with van der Waals surface area (Å²) in [4.78, 5) is 12.3. The molecule has 0 bridgehead atoms. The predicted octanol–water partition coefficient (Wildman–Crippen LogP) is 2.81. The molecule has 1 amide bonds. The fourth-order valence-corrected chi connectivity index (χ4v) is 3.66. The van der Waals surface area contributed by atoms with Crippen LogP contribution in [0.4, 0.5) is 5.69 Å². The van der Waals surface area contributed by atoms with Gasteiger partial charge < -0.3 is 5.32 Å². The van der Waals surface area contributed by atoms with Gasteiger partial charge >= 0.3 is 0 Å². The Labute approximate surface area is 164 Å². The number of amides is 1. The van der Waals surface area contributed by atoms with E-state index in [1.165, 1.54) is 24.3 Å². The van der Waals surface area contributed by atoms with Gasteiger partial charge in [-0.15, -0.1) is 0 Å². The maximum Gasteiger partial charge on any atom is 0.261 e. The highest BCUT2D eigenvalue weighted by molar-refractivity contribution is 7.92. The van der Waals surface area contributed by atoms with Gasteiger partial charge in [0.1, 0.15) is 0 Å². The Bertz CT molecular complexity index is 1010. The Hall–Kier alpha value is -3.13. The summed E-state index contributed by atoms with van der Waals surface area (Å²) in [6.45, 7) is 3.16. The largest absolute Gasteiger partial charge is 0.352 e. The number of carbonyl (C=O) groups is 1. The van der Waals surface area contributed by atoms with Crippen LogP contribution in [0.25, 0.3) is 0 Å². The molecular weight excluding hydrogens is 376 g/mol. The van der Waals surface area contributed by atoms with Gasteiger partial charge in [-0.05, 0) is 55.8 Å². The van der Waals surface area contributed by atoms with Crippen LogP contribution in [0.2, 0.25) is 0 Å². The molecule has 0 spiro atoms. The van der Waals surface area contributed by atoms with E-state index < -0.39 is 10.0 Å². The first kappa shape index (κ1) is 19.6. The number of aryl methyl sites for hydroxylation is 2. The van der Waals surface area contributed by atoms with Crippen molar-refractivity contribution in [3.63, 3.8) is 0 Å². The molecule has 2 N–H and O–H groups in total. The van der Waals surface area contributed by atoms with Crippen molar-refractivity contribution in [1.82, 2.24) is 15.1 Å². The Morgan fingerprint density at radius 1 is 1.07 bits per heavy atom. The second-order valence-corrected chi connectivity index (χ2v) is 8.06. The van der Waals surface area contributed by atoms with E-state index in [4.69, 9.17) is 0 Å². The molecule has 1 heterocycles. The van der Waals surface area contributed by atoms with Crippen molar-refractivity contribution in [3.05, 3.63) is 78.1 Å². The molecule has 0 fully saturated rings. The van der Waals surface area contributed by atoms with E-state index in [0.29, 0.717) is 17.8 Å². The van der Waals surface area contributed by atoms with Gasteiger partial charge in [-0.1, -0.05) is 17.7 Å². The molecule has 0 aliphatic heterocycles. The van der Waals surface area contributed by atoms with Crippen molar-refractivity contribution in [3.8, 4) is 0 Å². The molecule has 2 aromatic carbocycles. The highest BCUT2D eigenvalue weighted by Gasteiger charge is 2.15. The summed E-state index contributed by atoms with van der Waals surface area (Å²) >= 11 is 0. The van der Waals surface area contributed by atoms with E-state index in [9.17, 15) is 13.2 Å². The predicted molar refractivity (Wildman–Crippen MR) is 108 cm³/mol. The van der Waals surface area contributed by atoms with Crippen LogP contribution < -0.4 is 10.0 Å². The second kappa shape index (κ2) is 8.71. The molecule has 0 atom stereocenters. The lowest BCUT2D eigenvalue weighted by atomic mass is 10.2. The Kier molecular flexibility index (Phi) is 6.10. The maximum absolute atomic E-state index is 12.5. The van der Waals surface area contributed by atoms with Crippen molar-refractivity contribution in [2.24, 2.45) is 0 Å². The number of benzene rings is 2. The van der Waals surface area contributed by atoms with Crippen LogP contribution in [0.1, 0.15) is 22.3 Å². The molecule has 0 saturated carbocycles. The van der Waals surface area contributed by atoms with Crippen LogP contribution in [0.5, 0.6) is 0 Å². The van der Waals surface area contributed by atoms with Crippen LogP contribution in [0.15, 0.2) is 71.9 Å². The fourth-order valence-electron chi connectivity index (χ4n) is 2.60. The van der Waals surface area contributed by atoms with Gasteiger partial charge in [0.25, 0.3) is 15.9 Å². The number of hydrogen-bond donors (Lipinski definition) is 2. The normalized spacial score (nSPS) is 11.2. The minimum absolute atomic E-state index is 0.100. The van der Waals surface area contributed by atoms with Crippen molar-refractivity contribution in [2.45, 2.75) is 24.8 Å². The first-order chi connectivity index (χ1) is 13.4. The summed E-state index contributed by atoms with van der Waals surface area (Å²) in [5, 5.41) is 6.92. The number of sulfonamides is 1. The monoisotopic (exact) mass is 398 g/mol. The minimum atomic E-state index is -3.71. The van der Waals surface area contributed by atoms with E-state index in [1.807, 2.05) is 31.3 Å². The van der Waals surface area contributed by atoms with Crippen LogP contribution in [-0.4, -0.2) is 30.7 Å². The molecule has 0 unspecified atom stereocenters. The van der Waals surface area contributed by atoms with Crippen molar-refractivity contribution >= 4 is 21.6 Å². The average molecular weight is 398 g/mol. The van der Waals surface area contributed by atoms with Crippen LogP contribution in [0, 0.1) is 6.92 Å². The van der Waals surface area contributed by atoms with Gasteiger partial charge in [-0.2, -0.15) is 5.10 Å². The van der Waals surface area contributed by atoms with Crippen LogP contribution >= 0.6 is 0 Å². The molecule has 0 aliphatic carbocycles. The number of anilines is 1. The number of carbonyl (C=O) groups excluding carboxylic acids is 1. The summed E-state index contributed by atoms with van der Waals surface area (Å²) in [5.41, 5.74) is 1.95. The standard InChI is InChI=1S/C20H22N4O3S/c1-16-4-8-18(9-5-16)23-28(26,27)19-10-6-17(7-11-19)20(25)21-12-2-14-24-15-3-13-22-24/h3-11,13,15,23H,2,12,14H2,1H3,(H,21,25). The van der Waals surface area contributed by atoms with E-state index in [1.54, 1.807) is 23.0 Å².